The van der Waals surface area contributed by atoms with E-state index in [0.29, 0.717) is 6.42 Å². The topological polar surface area (TPSA) is 30.0 Å². The quantitative estimate of drug-likeness (QED) is 0.300. The number of hydrogen-bond donors (Lipinski definition) is 0. The van der Waals surface area contributed by atoms with E-state index in [2.05, 4.69) is 93.9 Å². The summed E-state index contributed by atoms with van der Waals surface area (Å²) in [6, 6.07) is 15.9. The number of carbonyl (C=O) groups is 1. The minimum absolute atomic E-state index is 0.0515. The summed E-state index contributed by atoms with van der Waals surface area (Å²) in [5.41, 5.74) is 9.69. The second-order valence-corrected chi connectivity index (χ2v) is 11.7. The molecular formula is C36H43NO. The van der Waals surface area contributed by atoms with Crippen molar-refractivity contribution in [2.45, 2.75) is 98.3 Å². The number of aromatic nitrogens is 1. The van der Waals surface area contributed by atoms with Crippen LogP contribution in [0.5, 0.6) is 0 Å². The van der Waals surface area contributed by atoms with E-state index in [1.807, 2.05) is 6.20 Å². The Bertz CT molecular complexity index is 1360. The van der Waals surface area contributed by atoms with Gasteiger partial charge in [-0.2, -0.15) is 0 Å². The first-order valence-corrected chi connectivity index (χ1v) is 14.4. The Morgan fingerprint density at radius 2 is 1.58 bits per heavy atom. The summed E-state index contributed by atoms with van der Waals surface area (Å²) in [6.07, 6.45) is 12.6. The van der Waals surface area contributed by atoms with E-state index in [4.69, 9.17) is 0 Å². The molecule has 0 amide bonds. The highest BCUT2D eigenvalue weighted by Gasteiger charge is 2.31. The van der Waals surface area contributed by atoms with Gasteiger partial charge >= 0.3 is 0 Å². The summed E-state index contributed by atoms with van der Waals surface area (Å²) in [5.74, 6) is 7.35. The number of rotatable bonds is 7. The predicted octanol–water partition coefficient (Wildman–Crippen LogP) is 8.92. The average Bonchev–Trinajstić information content (AvgIpc) is 2.89. The van der Waals surface area contributed by atoms with Crippen LogP contribution >= 0.6 is 0 Å². The number of aryl methyl sites for hydroxylation is 2. The Morgan fingerprint density at radius 3 is 2.18 bits per heavy atom. The van der Waals surface area contributed by atoms with Crippen LogP contribution in [-0.2, 0) is 16.6 Å². The molecule has 0 bridgehead atoms. The van der Waals surface area contributed by atoms with Gasteiger partial charge in [-0.3, -0.25) is 9.78 Å². The largest absolute Gasteiger partial charge is 0.300 e. The monoisotopic (exact) mass is 505 g/mol. The van der Waals surface area contributed by atoms with Crippen LogP contribution in [0.15, 0.2) is 54.9 Å². The van der Waals surface area contributed by atoms with Crippen LogP contribution in [0.25, 0.3) is 11.1 Å². The molecule has 198 valence electrons. The highest BCUT2D eigenvalue weighted by Crippen LogP contribution is 2.41. The number of Topliss-reactive ketones (excluding diaryl/α,β-unsaturated/α-hetero) is 1. The molecule has 1 aliphatic carbocycles. The molecule has 2 nitrogen and oxygen atoms in total. The van der Waals surface area contributed by atoms with E-state index < -0.39 is 0 Å². The van der Waals surface area contributed by atoms with Gasteiger partial charge in [-0.15, -0.1) is 0 Å². The van der Waals surface area contributed by atoms with Crippen molar-refractivity contribution in [2.75, 3.05) is 0 Å². The van der Waals surface area contributed by atoms with Gasteiger partial charge in [0.15, 0.2) is 0 Å². The predicted molar refractivity (Wildman–Crippen MR) is 159 cm³/mol. The Hall–Kier alpha value is -3.18. The van der Waals surface area contributed by atoms with E-state index in [9.17, 15) is 4.79 Å². The number of pyridine rings is 1. The number of ketones is 1. The summed E-state index contributed by atoms with van der Waals surface area (Å²) in [4.78, 5) is 16.0. The van der Waals surface area contributed by atoms with Crippen molar-refractivity contribution in [3.63, 3.8) is 0 Å². The van der Waals surface area contributed by atoms with Crippen molar-refractivity contribution >= 4 is 5.78 Å². The second-order valence-electron chi connectivity index (χ2n) is 11.7. The van der Waals surface area contributed by atoms with Crippen molar-refractivity contribution in [3.8, 4) is 23.0 Å². The Morgan fingerprint density at radius 1 is 0.921 bits per heavy atom. The molecule has 3 aromatic rings. The first kappa shape index (κ1) is 27.8. The first-order chi connectivity index (χ1) is 18.2. The van der Waals surface area contributed by atoms with E-state index >= 15 is 0 Å². The van der Waals surface area contributed by atoms with Gasteiger partial charge < -0.3 is 0 Å². The number of nitrogens with zero attached hydrogens (tertiary/aromatic N) is 1. The Kier molecular flexibility index (Phi) is 8.57. The zero-order valence-electron chi connectivity index (χ0n) is 24.2. The van der Waals surface area contributed by atoms with Gasteiger partial charge in [-0.25, -0.2) is 0 Å². The van der Waals surface area contributed by atoms with Crippen molar-refractivity contribution < 1.29 is 4.79 Å². The van der Waals surface area contributed by atoms with Crippen LogP contribution in [-0.4, -0.2) is 10.8 Å². The lowest BCUT2D eigenvalue weighted by Gasteiger charge is -2.34. The third-order valence-electron chi connectivity index (χ3n) is 8.78. The molecule has 1 heterocycles. The maximum atomic E-state index is 11.6. The smallest absolute Gasteiger partial charge is 0.134 e. The molecule has 38 heavy (non-hydrogen) atoms. The van der Waals surface area contributed by atoms with Gasteiger partial charge in [0.1, 0.15) is 5.78 Å². The summed E-state index contributed by atoms with van der Waals surface area (Å²) < 4.78 is 0. The van der Waals surface area contributed by atoms with Crippen LogP contribution in [0.4, 0.5) is 0 Å². The van der Waals surface area contributed by atoms with E-state index in [1.54, 1.807) is 13.1 Å². The molecular weight excluding hydrogens is 462 g/mol. The zero-order chi connectivity index (χ0) is 27.3. The lowest BCUT2D eigenvalue weighted by Crippen LogP contribution is -2.26. The van der Waals surface area contributed by atoms with Crippen LogP contribution < -0.4 is 0 Å². The molecule has 0 radical (unpaired) electrons. The highest BCUT2D eigenvalue weighted by atomic mass is 16.1. The summed E-state index contributed by atoms with van der Waals surface area (Å²) in [5, 5.41) is 0. The van der Waals surface area contributed by atoms with Gasteiger partial charge in [0.2, 0.25) is 0 Å². The molecule has 0 unspecified atom stereocenters. The van der Waals surface area contributed by atoms with Gasteiger partial charge in [0.05, 0.1) is 0 Å². The molecule has 4 rings (SSSR count). The standard InChI is InChI=1S/C36H43NO/c1-7-36(8-2,32-13-12-30(26(3)20-32)16-19-35(6)17-10-9-11-18-35)33-14-15-34(27(4)21-33)31-23-29(22-28(5)38)24-37-25-31/h12-15,20-21,23-25H,7-11,17-18,22H2,1-6H3. The highest BCUT2D eigenvalue weighted by molar-refractivity contribution is 5.79. The summed E-state index contributed by atoms with van der Waals surface area (Å²) in [7, 11) is 0. The van der Waals surface area contributed by atoms with E-state index in [1.165, 1.54) is 59.9 Å². The maximum absolute atomic E-state index is 11.6. The van der Waals surface area contributed by atoms with Gasteiger partial charge in [-0.1, -0.05) is 75.3 Å². The van der Waals surface area contributed by atoms with Crippen LogP contribution in [0.3, 0.4) is 0 Å². The van der Waals surface area contributed by atoms with Crippen molar-refractivity contribution in [2.24, 2.45) is 5.41 Å². The number of benzene rings is 2. The minimum atomic E-state index is -0.0515. The summed E-state index contributed by atoms with van der Waals surface area (Å²) in [6.45, 7) is 13.0. The molecule has 2 aromatic carbocycles. The fourth-order valence-corrected chi connectivity index (χ4v) is 6.31. The number of carbonyl (C=O) groups excluding carboxylic acids is 1. The molecule has 1 saturated carbocycles. The average molecular weight is 506 g/mol. The lowest BCUT2D eigenvalue weighted by atomic mass is 9.69. The maximum Gasteiger partial charge on any atom is 0.134 e. The van der Waals surface area contributed by atoms with Crippen LogP contribution in [0.2, 0.25) is 0 Å². The lowest BCUT2D eigenvalue weighted by molar-refractivity contribution is -0.116. The number of hydrogen-bond acceptors (Lipinski definition) is 2. The normalized spacial score (nSPS) is 15.0. The second kappa shape index (κ2) is 11.7. The van der Waals surface area contributed by atoms with Gasteiger partial charge in [0.25, 0.3) is 0 Å². The van der Waals surface area contributed by atoms with Crippen molar-refractivity contribution in [3.05, 3.63) is 88.2 Å². The molecule has 2 heteroatoms. The minimum Gasteiger partial charge on any atom is -0.300 e. The van der Waals surface area contributed by atoms with Crippen LogP contribution in [0.1, 0.15) is 106 Å². The SMILES string of the molecule is CCC(CC)(c1ccc(C#CC2(C)CCCCC2)c(C)c1)c1ccc(-c2cncc(CC(C)=O)c2)c(C)c1. The zero-order valence-corrected chi connectivity index (χ0v) is 24.2. The van der Waals surface area contributed by atoms with E-state index in [-0.39, 0.29) is 16.6 Å². The molecule has 1 fully saturated rings. The molecule has 0 saturated heterocycles. The first-order valence-electron chi connectivity index (χ1n) is 14.4. The van der Waals surface area contributed by atoms with Gasteiger partial charge in [-0.05, 0) is 98.9 Å². The molecule has 0 atom stereocenters. The van der Waals surface area contributed by atoms with Crippen LogP contribution in [0, 0.1) is 31.1 Å². The molecule has 1 aromatic heterocycles. The van der Waals surface area contributed by atoms with Gasteiger partial charge in [0, 0.05) is 40.8 Å². The third kappa shape index (κ3) is 5.94. The molecule has 0 spiro atoms. The Labute approximate surface area is 230 Å². The molecule has 1 aliphatic rings. The van der Waals surface area contributed by atoms with Crippen molar-refractivity contribution in [1.82, 2.24) is 4.98 Å². The molecule has 0 N–H and O–H groups in total. The third-order valence-corrected chi connectivity index (χ3v) is 8.78. The molecule has 0 aliphatic heterocycles. The van der Waals surface area contributed by atoms with E-state index in [0.717, 1.165) is 29.5 Å². The van der Waals surface area contributed by atoms with Crippen molar-refractivity contribution in [1.29, 1.82) is 0 Å². The summed E-state index contributed by atoms with van der Waals surface area (Å²) >= 11 is 0. The fourth-order valence-electron chi connectivity index (χ4n) is 6.31. The fraction of sp³-hybridized carbons (Fsp3) is 0.444. The Balaban J connectivity index is 1.67.